The number of nitrogens with zero attached hydrogens (tertiary/aromatic N) is 5. The highest BCUT2D eigenvalue weighted by atomic mass is 16.5. The predicted octanol–water partition coefficient (Wildman–Crippen LogP) is 5.89. The molecule has 2 amide bonds. The van der Waals surface area contributed by atoms with Gasteiger partial charge in [0.2, 0.25) is 0 Å². The van der Waals surface area contributed by atoms with Crippen LogP contribution >= 0.6 is 0 Å². The van der Waals surface area contributed by atoms with E-state index in [1.165, 1.54) is 5.56 Å². The lowest BCUT2D eigenvalue weighted by atomic mass is 9.99. The van der Waals surface area contributed by atoms with E-state index in [9.17, 15) is 9.59 Å². The van der Waals surface area contributed by atoms with Crippen LogP contribution in [0.5, 0.6) is 5.75 Å². The van der Waals surface area contributed by atoms with Crippen molar-refractivity contribution in [1.29, 1.82) is 0 Å². The van der Waals surface area contributed by atoms with Crippen LogP contribution in [0.3, 0.4) is 0 Å². The molecular formula is C44H54N8O4. The molecule has 3 N–H and O–H groups in total. The van der Waals surface area contributed by atoms with Crippen molar-refractivity contribution in [3.05, 3.63) is 106 Å². The Bertz CT molecular complexity index is 2150. The van der Waals surface area contributed by atoms with Crippen LogP contribution in [0.15, 0.2) is 72.9 Å². The minimum atomic E-state index is -0.266. The summed E-state index contributed by atoms with van der Waals surface area (Å²) in [6.45, 7) is 12.1. The number of nitrogens with one attached hydrogen (secondary N) is 3. The fraction of sp³-hybridized carbons (Fsp3) is 0.409. The minimum absolute atomic E-state index is 0.251. The molecule has 0 bridgehead atoms. The van der Waals surface area contributed by atoms with E-state index < -0.39 is 0 Å². The Morgan fingerprint density at radius 3 is 2.32 bits per heavy atom. The lowest BCUT2D eigenvalue weighted by Gasteiger charge is -2.32. The third-order valence-electron chi connectivity index (χ3n) is 10.9. The molecule has 5 aromatic rings. The van der Waals surface area contributed by atoms with Crippen molar-refractivity contribution in [2.75, 3.05) is 58.9 Å². The maximum atomic E-state index is 13.6. The Hall–Kier alpha value is -5.30. The molecule has 0 unspecified atom stereocenters. The molecule has 294 valence electrons. The quantitative estimate of drug-likeness (QED) is 0.127. The van der Waals surface area contributed by atoms with E-state index >= 15 is 0 Å². The number of methoxy groups -OCH3 is 1. The number of carbonyl (C=O) groups is 2. The number of likely N-dealkylation sites (N-methyl/N-ethyl adjacent to an activating group) is 1. The number of ether oxygens (including phenoxy) is 2. The molecule has 0 atom stereocenters. The normalized spacial score (nSPS) is 15.5. The van der Waals surface area contributed by atoms with Crippen molar-refractivity contribution in [2.24, 2.45) is 0 Å². The summed E-state index contributed by atoms with van der Waals surface area (Å²) in [4.78, 5) is 37.0. The lowest BCUT2D eigenvalue weighted by Crippen LogP contribution is -2.43. The summed E-state index contributed by atoms with van der Waals surface area (Å²) >= 11 is 0. The summed E-state index contributed by atoms with van der Waals surface area (Å²) in [5, 5.41) is 15.5. The number of hydrogen-bond acceptors (Lipinski definition) is 9. The second-order valence-electron chi connectivity index (χ2n) is 14.8. The second-order valence-corrected chi connectivity index (χ2v) is 14.8. The first kappa shape index (κ1) is 39.0. The number of aromatic nitrogens is 3. The largest absolute Gasteiger partial charge is 0.496 e. The second kappa shape index (κ2) is 18.1. The number of amides is 2. The highest BCUT2D eigenvalue weighted by molar-refractivity contribution is 6.00. The molecule has 2 aliphatic rings. The third kappa shape index (κ3) is 9.04. The Balaban J connectivity index is 1.02. The van der Waals surface area contributed by atoms with E-state index in [0.29, 0.717) is 43.9 Å². The van der Waals surface area contributed by atoms with E-state index in [-0.39, 0.29) is 24.4 Å². The number of fused-ring (bicyclic) bond motifs is 1. The molecule has 0 saturated carbocycles. The van der Waals surface area contributed by atoms with Crippen molar-refractivity contribution >= 4 is 28.5 Å². The Morgan fingerprint density at radius 1 is 0.875 bits per heavy atom. The Morgan fingerprint density at radius 2 is 1.61 bits per heavy atom. The Labute approximate surface area is 329 Å². The van der Waals surface area contributed by atoms with Gasteiger partial charge in [-0.3, -0.25) is 14.5 Å². The standard InChI is InChI=1S/C44H54N8O4/c1-5-39-37(41(48-35-15-21-56-22-16-35)38-28-47-52(6-2)42(38)49-39)27-46-44(54)34-12-8-11-33(25-34)43(53)45-26-30-13-14-40(55-4)36(24-30)32-10-7-9-31(23-32)29-51-19-17-50(3)18-20-51/h7-14,23-25,28,35H,5-6,15-22,26-27,29H2,1-4H3,(H,45,53)(H,46,54)(H,48,49). The van der Waals surface area contributed by atoms with Gasteiger partial charge in [-0.2, -0.15) is 5.10 Å². The highest BCUT2D eigenvalue weighted by Gasteiger charge is 2.23. The van der Waals surface area contributed by atoms with E-state index in [0.717, 1.165) is 96.0 Å². The third-order valence-corrected chi connectivity index (χ3v) is 10.9. The highest BCUT2D eigenvalue weighted by Crippen LogP contribution is 2.33. The molecule has 12 nitrogen and oxygen atoms in total. The smallest absolute Gasteiger partial charge is 0.251 e. The van der Waals surface area contributed by atoms with E-state index in [2.05, 4.69) is 82.1 Å². The van der Waals surface area contributed by atoms with E-state index in [4.69, 9.17) is 14.5 Å². The first-order valence-corrected chi connectivity index (χ1v) is 19.9. The molecule has 4 heterocycles. The molecule has 0 aliphatic carbocycles. The first-order chi connectivity index (χ1) is 27.3. The number of benzene rings is 3. The summed E-state index contributed by atoms with van der Waals surface area (Å²) in [6, 6.07) is 21.7. The van der Waals surface area contributed by atoms with Crippen molar-refractivity contribution in [3.63, 3.8) is 0 Å². The first-order valence-electron chi connectivity index (χ1n) is 19.9. The van der Waals surface area contributed by atoms with Crippen molar-refractivity contribution < 1.29 is 19.1 Å². The summed E-state index contributed by atoms with van der Waals surface area (Å²) in [5.74, 6) is 0.252. The topological polar surface area (TPSA) is 126 Å². The van der Waals surface area contributed by atoms with Gasteiger partial charge >= 0.3 is 0 Å². The zero-order valence-corrected chi connectivity index (χ0v) is 33.1. The van der Waals surface area contributed by atoms with Crippen LogP contribution in [0, 0.1) is 0 Å². The number of anilines is 1. The monoisotopic (exact) mass is 758 g/mol. The number of aryl methyl sites for hydroxylation is 2. The number of rotatable bonds is 14. The zero-order valence-electron chi connectivity index (χ0n) is 33.1. The summed E-state index contributed by atoms with van der Waals surface area (Å²) in [7, 11) is 3.85. The summed E-state index contributed by atoms with van der Waals surface area (Å²) < 4.78 is 13.3. The number of pyridine rings is 1. The van der Waals surface area contributed by atoms with Gasteiger partial charge in [0.05, 0.1) is 24.4 Å². The molecular weight excluding hydrogens is 705 g/mol. The van der Waals surface area contributed by atoms with Crippen LogP contribution in [0.4, 0.5) is 5.69 Å². The SMILES string of the molecule is CCc1nc2c(cnn2CC)c(NC2CCOCC2)c1CNC(=O)c1cccc(C(=O)NCc2ccc(OC)c(-c3cccc(CN4CCN(C)CC4)c3)c2)c1. The van der Waals surface area contributed by atoms with Gasteiger partial charge in [0.1, 0.15) is 5.75 Å². The van der Waals surface area contributed by atoms with Gasteiger partial charge in [0.15, 0.2) is 5.65 Å². The van der Waals surface area contributed by atoms with Crippen LogP contribution in [-0.4, -0.2) is 96.0 Å². The van der Waals surface area contributed by atoms with Crippen LogP contribution < -0.4 is 20.7 Å². The summed E-state index contributed by atoms with van der Waals surface area (Å²) in [5.41, 5.74) is 8.74. The van der Waals surface area contributed by atoms with Crippen molar-refractivity contribution in [1.82, 2.24) is 35.2 Å². The lowest BCUT2D eigenvalue weighted by molar-refractivity contribution is 0.0904. The van der Waals surface area contributed by atoms with Gasteiger partial charge in [0, 0.05) is 99.6 Å². The molecule has 12 heteroatoms. The molecule has 56 heavy (non-hydrogen) atoms. The maximum absolute atomic E-state index is 13.6. The molecule has 2 fully saturated rings. The van der Waals surface area contributed by atoms with Gasteiger partial charge in [-0.25, -0.2) is 9.67 Å². The van der Waals surface area contributed by atoms with Crippen LogP contribution in [-0.2, 0) is 37.3 Å². The molecule has 7 rings (SSSR count). The van der Waals surface area contributed by atoms with Crippen molar-refractivity contribution in [2.45, 2.75) is 65.3 Å². The average molecular weight is 759 g/mol. The van der Waals surface area contributed by atoms with E-state index in [1.54, 1.807) is 31.4 Å². The number of piperazine rings is 1. The zero-order chi connectivity index (χ0) is 39.0. The van der Waals surface area contributed by atoms with Gasteiger partial charge < -0.3 is 30.3 Å². The molecule has 2 aliphatic heterocycles. The maximum Gasteiger partial charge on any atom is 0.251 e. The van der Waals surface area contributed by atoms with Gasteiger partial charge in [0.25, 0.3) is 11.8 Å². The molecule has 0 spiro atoms. The van der Waals surface area contributed by atoms with Gasteiger partial charge in [-0.05, 0) is 86.3 Å². The van der Waals surface area contributed by atoms with Gasteiger partial charge in [-0.15, -0.1) is 0 Å². The number of hydrogen-bond donors (Lipinski definition) is 3. The molecule has 2 saturated heterocycles. The predicted molar refractivity (Wildman–Crippen MR) is 220 cm³/mol. The fourth-order valence-electron chi connectivity index (χ4n) is 7.65. The fourth-order valence-corrected chi connectivity index (χ4v) is 7.65. The minimum Gasteiger partial charge on any atom is -0.496 e. The Kier molecular flexibility index (Phi) is 12.6. The van der Waals surface area contributed by atoms with Crippen LogP contribution in [0.25, 0.3) is 22.2 Å². The van der Waals surface area contributed by atoms with E-state index in [1.807, 2.05) is 23.0 Å². The molecule has 2 aromatic heterocycles. The van der Waals surface area contributed by atoms with Gasteiger partial charge in [-0.1, -0.05) is 37.3 Å². The average Bonchev–Trinajstić information content (AvgIpc) is 3.66. The van der Waals surface area contributed by atoms with Crippen molar-refractivity contribution in [3.8, 4) is 16.9 Å². The molecule has 0 radical (unpaired) electrons. The van der Waals surface area contributed by atoms with Crippen LogP contribution in [0.2, 0.25) is 0 Å². The molecule has 3 aromatic carbocycles. The summed E-state index contributed by atoms with van der Waals surface area (Å²) in [6.07, 6.45) is 4.37. The van der Waals surface area contributed by atoms with Crippen LogP contribution in [0.1, 0.15) is 69.8 Å². The number of carbonyl (C=O) groups excluding carboxylic acids is 2.